The second-order valence-electron chi connectivity index (χ2n) is 6.57. The Labute approximate surface area is 168 Å². The van der Waals surface area contributed by atoms with Gasteiger partial charge < -0.3 is 20.5 Å². The van der Waals surface area contributed by atoms with Gasteiger partial charge in [-0.25, -0.2) is 9.59 Å². The number of carbonyl (C=O) groups excluding carboxylic acids is 2. The zero-order valence-corrected chi connectivity index (χ0v) is 16.7. The van der Waals surface area contributed by atoms with E-state index in [4.69, 9.17) is 15.2 Å². The molecule has 0 bridgehead atoms. The van der Waals surface area contributed by atoms with Gasteiger partial charge in [0.15, 0.2) is 0 Å². The lowest BCUT2D eigenvalue weighted by atomic mass is 9.79. The van der Waals surface area contributed by atoms with Crippen molar-refractivity contribution in [3.8, 4) is 0 Å². The molecule has 9 nitrogen and oxygen atoms in total. The van der Waals surface area contributed by atoms with Gasteiger partial charge in [-0.1, -0.05) is 18.2 Å². The molecule has 29 heavy (non-hydrogen) atoms. The van der Waals surface area contributed by atoms with Crippen LogP contribution in [0.5, 0.6) is 0 Å². The Morgan fingerprint density at radius 1 is 1.14 bits per heavy atom. The van der Waals surface area contributed by atoms with Crippen molar-refractivity contribution in [3.05, 3.63) is 62.5 Å². The first-order valence-corrected chi connectivity index (χ1v) is 9.20. The van der Waals surface area contributed by atoms with Crippen LogP contribution in [0.15, 0.2) is 46.8 Å². The van der Waals surface area contributed by atoms with Gasteiger partial charge in [-0.2, -0.15) is 0 Å². The van der Waals surface area contributed by atoms with Gasteiger partial charge in [0, 0.05) is 23.0 Å². The van der Waals surface area contributed by atoms with Gasteiger partial charge in [-0.05, 0) is 33.2 Å². The number of allylic oxidation sites excluding steroid dienone is 2. The third-order valence-corrected chi connectivity index (χ3v) is 4.66. The molecule has 156 valence electrons. The van der Waals surface area contributed by atoms with Gasteiger partial charge in [-0.15, -0.1) is 0 Å². The molecule has 0 amide bonds. The average molecular weight is 403 g/mol. The normalized spacial score (nSPS) is 16.3. The third kappa shape index (κ3) is 4.80. The van der Waals surface area contributed by atoms with Crippen molar-refractivity contribution in [2.75, 3.05) is 20.3 Å². The van der Waals surface area contributed by atoms with Crippen LogP contribution >= 0.6 is 0 Å². The van der Waals surface area contributed by atoms with E-state index in [1.165, 1.54) is 25.3 Å². The molecular formula is C20H25N3O6. The molecular weight excluding hydrogens is 378 g/mol. The largest absolute Gasteiger partial charge is 0.466 e. The summed E-state index contributed by atoms with van der Waals surface area (Å²) in [5.41, 5.74) is 6.65. The second-order valence-corrected chi connectivity index (χ2v) is 6.57. The smallest absolute Gasteiger partial charge is 0.336 e. The highest BCUT2D eigenvalue weighted by atomic mass is 16.6. The summed E-state index contributed by atoms with van der Waals surface area (Å²) in [5.74, 6) is -2.32. The maximum Gasteiger partial charge on any atom is 0.336 e. The van der Waals surface area contributed by atoms with E-state index in [0.717, 1.165) is 0 Å². The molecule has 3 N–H and O–H groups in total. The molecule has 1 aliphatic heterocycles. The summed E-state index contributed by atoms with van der Waals surface area (Å²) in [6.07, 6.45) is 1.29. The molecule has 9 heteroatoms. The van der Waals surface area contributed by atoms with Crippen LogP contribution in [-0.2, 0) is 19.1 Å². The number of methoxy groups -OCH3 is 1. The summed E-state index contributed by atoms with van der Waals surface area (Å²) in [7, 11) is 1.22. The molecule has 1 heterocycles. The van der Waals surface area contributed by atoms with Crippen LogP contribution in [0.25, 0.3) is 0 Å². The molecule has 0 fully saturated rings. The number of unbranched alkanes of at least 4 members (excludes halogenated alkanes) is 1. The number of para-hydroxylation sites is 1. The summed E-state index contributed by atoms with van der Waals surface area (Å²) >= 11 is 0. The fourth-order valence-corrected chi connectivity index (χ4v) is 3.34. The fourth-order valence-electron chi connectivity index (χ4n) is 3.34. The number of nitrogens with two attached hydrogens (primary N) is 1. The van der Waals surface area contributed by atoms with E-state index in [-0.39, 0.29) is 29.0 Å². The number of rotatable bonds is 8. The lowest BCUT2D eigenvalue weighted by molar-refractivity contribution is -0.385. The Hall–Kier alpha value is -3.20. The summed E-state index contributed by atoms with van der Waals surface area (Å²) in [4.78, 5) is 36.5. The molecule has 0 saturated carbocycles. The minimum absolute atomic E-state index is 0.126. The number of nitro benzene ring substituents is 1. The van der Waals surface area contributed by atoms with E-state index in [1.807, 2.05) is 0 Å². The fraction of sp³-hybridized carbons (Fsp3) is 0.400. The van der Waals surface area contributed by atoms with Crippen molar-refractivity contribution in [2.24, 2.45) is 5.73 Å². The van der Waals surface area contributed by atoms with E-state index >= 15 is 0 Å². The number of ether oxygens (including phenoxy) is 2. The molecule has 0 radical (unpaired) electrons. The molecule has 1 unspecified atom stereocenters. The van der Waals surface area contributed by atoms with Crippen molar-refractivity contribution in [3.63, 3.8) is 0 Å². The van der Waals surface area contributed by atoms with Gasteiger partial charge in [0.05, 0.1) is 35.7 Å². The van der Waals surface area contributed by atoms with Crippen LogP contribution in [0.2, 0.25) is 0 Å². The number of nitro groups is 1. The maximum absolute atomic E-state index is 12.9. The highest BCUT2D eigenvalue weighted by Crippen LogP contribution is 2.42. The summed E-state index contributed by atoms with van der Waals surface area (Å²) < 4.78 is 10.3. The standard InChI is InChI=1S/C20H25N3O6/c1-12-16(19(24)28-3)18(14-8-4-5-9-15(14)23(26)27)17(13(2)22-12)20(25)29-11-7-6-10-21/h4-5,8-9,18,22H,6-7,10-11,21H2,1-3H3. The van der Waals surface area contributed by atoms with Crippen LogP contribution in [0.1, 0.15) is 38.2 Å². The molecule has 0 spiro atoms. The molecule has 0 saturated heterocycles. The van der Waals surface area contributed by atoms with Crippen molar-refractivity contribution in [2.45, 2.75) is 32.6 Å². The highest BCUT2D eigenvalue weighted by molar-refractivity contribution is 6.00. The highest BCUT2D eigenvalue weighted by Gasteiger charge is 2.40. The van der Waals surface area contributed by atoms with Gasteiger partial charge in [-0.3, -0.25) is 10.1 Å². The average Bonchev–Trinajstić information content (AvgIpc) is 2.69. The van der Waals surface area contributed by atoms with Crippen LogP contribution in [0, 0.1) is 10.1 Å². The topological polar surface area (TPSA) is 134 Å². The molecule has 1 atom stereocenters. The molecule has 1 aliphatic rings. The van der Waals surface area contributed by atoms with Crippen LogP contribution < -0.4 is 11.1 Å². The van der Waals surface area contributed by atoms with Gasteiger partial charge >= 0.3 is 11.9 Å². The lowest BCUT2D eigenvalue weighted by Gasteiger charge is -2.30. The first-order chi connectivity index (χ1) is 13.8. The van der Waals surface area contributed by atoms with E-state index in [9.17, 15) is 19.7 Å². The quantitative estimate of drug-likeness (QED) is 0.292. The van der Waals surface area contributed by atoms with Crippen LogP contribution in [0.4, 0.5) is 5.69 Å². The number of esters is 2. The van der Waals surface area contributed by atoms with E-state index < -0.39 is 22.8 Å². The zero-order chi connectivity index (χ0) is 21.6. The molecule has 0 aliphatic carbocycles. The first-order valence-electron chi connectivity index (χ1n) is 9.20. The van der Waals surface area contributed by atoms with Gasteiger partial charge in [0.1, 0.15) is 0 Å². The first kappa shape index (κ1) is 22.1. The minimum Gasteiger partial charge on any atom is -0.466 e. The monoisotopic (exact) mass is 403 g/mol. The zero-order valence-electron chi connectivity index (χ0n) is 16.7. The van der Waals surface area contributed by atoms with Crippen LogP contribution in [-0.4, -0.2) is 37.1 Å². The van der Waals surface area contributed by atoms with E-state index in [2.05, 4.69) is 5.32 Å². The Bertz CT molecular complexity index is 875. The summed E-state index contributed by atoms with van der Waals surface area (Å²) in [6, 6.07) is 6.01. The molecule has 0 aromatic heterocycles. The summed E-state index contributed by atoms with van der Waals surface area (Å²) in [5, 5.41) is 14.6. The number of benzene rings is 1. The Morgan fingerprint density at radius 2 is 1.76 bits per heavy atom. The number of nitrogens with zero attached hydrogens (tertiary/aromatic N) is 1. The molecule has 1 aromatic rings. The van der Waals surface area contributed by atoms with Gasteiger partial charge in [0.25, 0.3) is 5.69 Å². The Kier molecular flexibility index (Phi) is 7.49. The van der Waals surface area contributed by atoms with Crippen molar-refractivity contribution in [1.82, 2.24) is 5.32 Å². The predicted molar refractivity (Wildman–Crippen MR) is 106 cm³/mol. The Balaban J connectivity index is 2.58. The third-order valence-electron chi connectivity index (χ3n) is 4.66. The van der Waals surface area contributed by atoms with E-state index in [1.54, 1.807) is 19.9 Å². The summed E-state index contributed by atoms with van der Waals surface area (Å²) in [6.45, 7) is 3.96. The predicted octanol–water partition coefficient (Wildman–Crippen LogP) is 2.28. The number of dihydropyridines is 1. The Morgan fingerprint density at radius 3 is 2.34 bits per heavy atom. The lowest BCUT2D eigenvalue weighted by Crippen LogP contribution is -2.32. The number of nitrogens with one attached hydrogen (secondary N) is 1. The SMILES string of the molecule is COC(=O)C1=C(C)NC(C)=C(C(=O)OCCCCN)C1c1ccccc1[N+](=O)[O-]. The van der Waals surface area contributed by atoms with Gasteiger partial charge in [0.2, 0.25) is 0 Å². The number of carbonyl (C=O) groups is 2. The molecule has 2 rings (SSSR count). The van der Waals surface area contributed by atoms with E-state index in [0.29, 0.717) is 30.8 Å². The number of hydrogen-bond donors (Lipinski definition) is 2. The minimum atomic E-state index is -0.993. The molecule has 1 aromatic carbocycles. The van der Waals surface area contributed by atoms with Crippen molar-refractivity contribution in [1.29, 1.82) is 0 Å². The van der Waals surface area contributed by atoms with Crippen molar-refractivity contribution >= 4 is 17.6 Å². The number of hydrogen-bond acceptors (Lipinski definition) is 8. The second kappa shape index (κ2) is 9.83. The maximum atomic E-state index is 12.9. The van der Waals surface area contributed by atoms with Crippen LogP contribution in [0.3, 0.4) is 0 Å². The van der Waals surface area contributed by atoms with Crippen molar-refractivity contribution < 1.29 is 24.0 Å².